The molecule has 194 valence electrons. The van der Waals surface area contributed by atoms with E-state index in [0.29, 0.717) is 29.5 Å². The highest BCUT2D eigenvalue weighted by atomic mass is 35.5. The second-order valence-electron chi connectivity index (χ2n) is 10.6. The summed E-state index contributed by atoms with van der Waals surface area (Å²) in [5.74, 6) is 0.595. The van der Waals surface area contributed by atoms with Gasteiger partial charge in [0, 0.05) is 29.2 Å². The highest BCUT2D eigenvalue weighted by molar-refractivity contribution is 6.31. The van der Waals surface area contributed by atoms with Crippen molar-refractivity contribution in [3.63, 3.8) is 0 Å². The Balaban J connectivity index is 1.75. The maximum absolute atomic E-state index is 13.7. The molecule has 7 nitrogen and oxygen atoms in total. The molecular weight excluding hydrogens is 496 g/mol. The van der Waals surface area contributed by atoms with E-state index in [9.17, 15) is 4.79 Å². The molecule has 0 amide bonds. The van der Waals surface area contributed by atoms with E-state index in [4.69, 9.17) is 11.6 Å². The second kappa shape index (κ2) is 10.5. The third kappa shape index (κ3) is 5.39. The Kier molecular flexibility index (Phi) is 7.15. The highest BCUT2D eigenvalue weighted by Crippen LogP contribution is 2.33. The Morgan fingerprint density at radius 1 is 0.974 bits per heavy atom. The van der Waals surface area contributed by atoms with Crippen molar-refractivity contribution in [2.24, 2.45) is 0 Å². The standard InChI is InChI=1S/C30H31ClN6O/c1-20-14-15-26-23(16-20)17-24(29(38)32-26)27(28-33-34-35-37(28)30(2,3)4)36(18-21-10-6-5-7-11-21)19-22-12-8-9-13-25(22)31/h5-17,27H,18-19H2,1-4H3,(H,32,38)/t27-/m0/s1. The number of pyridine rings is 1. The minimum Gasteiger partial charge on any atom is -0.322 e. The predicted octanol–water partition coefficient (Wildman–Crippen LogP) is 6.02. The van der Waals surface area contributed by atoms with E-state index in [-0.39, 0.29) is 5.56 Å². The second-order valence-corrected chi connectivity index (χ2v) is 11.1. The van der Waals surface area contributed by atoms with Crippen molar-refractivity contribution < 1.29 is 0 Å². The molecule has 38 heavy (non-hydrogen) atoms. The van der Waals surface area contributed by atoms with Crippen LogP contribution in [0.1, 0.15) is 54.9 Å². The lowest BCUT2D eigenvalue weighted by molar-refractivity contribution is 0.184. The van der Waals surface area contributed by atoms with Gasteiger partial charge in [0.2, 0.25) is 0 Å². The topological polar surface area (TPSA) is 79.7 Å². The Labute approximate surface area is 227 Å². The lowest BCUT2D eigenvalue weighted by Gasteiger charge is -2.33. The number of aromatic amines is 1. The SMILES string of the molecule is Cc1ccc2[nH]c(=O)c([C@@H](c3nnnn3C(C)(C)C)N(Cc3ccccc3)Cc3ccccc3Cl)cc2c1. The molecule has 0 aliphatic heterocycles. The average molecular weight is 527 g/mol. The number of rotatable bonds is 7. The average Bonchev–Trinajstić information content (AvgIpc) is 3.37. The molecule has 3 aromatic carbocycles. The molecule has 0 bridgehead atoms. The van der Waals surface area contributed by atoms with Gasteiger partial charge < -0.3 is 4.98 Å². The molecule has 0 radical (unpaired) electrons. The third-order valence-corrected chi connectivity index (χ3v) is 6.99. The van der Waals surface area contributed by atoms with Crippen LogP contribution >= 0.6 is 11.6 Å². The van der Waals surface area contributed by atoms with Crippen LogP contribution in [0.15, 0.2) is 83.7 Å². The van der Waals surface area contributed by atoms with Gasteiger partial charge in [-0.05, 0) is 78.9 Å². The number of H-pyrrole nitrogens is 1. The van der Waals surface area contributed by atoms with Crippen LogP contribution in [0.2, 0.25) is 5.02 Å². The van der Waals surface area contributed by atoms with E-state index in [1.807, 2.05) is 93.0 Å². The van der Waals surface area contributed by atoms with Crippen molar-refractivity contribution >= 4 is 22.5 Å². The molecular formula is C30H31ClN6O. The van der Waals surface area contributed by atoms with Gasteiger partial charge in [0.25, 0.3) is 5.56 Å². The normalized spacial score (nSPS) is 12.8. The summed E-state index contributed by atoms with van der Waals surface area (Å²) in [7, 11) is 0. The molecule has 5 rings (SSSR count). The molecule has 2 aromatic heterocycles. The van der Waals surface area contributed by atoms with Crippen LogP contribution in [-0.4, -0.2) is 30.1 Å². The molecule has 0 spiro atoms. The Hall–Kier alpha value is -3.81. The van der Waals surface area contributed by atoms with Gasteiger partial charge in [0.15, 0.2) is 5.82 Å². The van der Waals surface area contributed by atoms with Gasteiger partial charge in [-0.25, -0.2) is 4.68 Å². The van der Waals surface area contributed by atoms with Crippen LogP contribution in [0.4, 0.5) is 0 Å². The van der Waals surface area contributed by atoms with Crippen LogP contribution in [0.5, 0.6) is 0 Å². The maximum Gasteiger partial charge on any atom is 0.253 e. The van der Waals surface area contributed by atoms with E-state index in [1.165, 1.54) is 0 Å². The fraction of sp³-hybridized carbons (Fsp3) is 0.267. The minimum absolute atomic E-state index is 0.174. The minimum atomic E-state index is -0.547. The van der Waals surface area contributed by atoms with Gasteiger partial charge in [-0.2, -0.15) is 0 Å². The summed E-state index contributed by atoms with van der Waals surface area (Å²) < 4.78 is 1.81. The molecule has 0 unspecified atom stereocenters. The zero-order valence-corrected chi connectivity index (χ0v) is 22.8. The Bertz CT molecular complexity index is 1620. The van der Waals surface area contributed by atoms with Gasteiger partial charge in [0.05, 0.1) is 5.54 Å². The molecule has 0 saturated heterocycles. The first-order valence-electron chi connectivity index (χ1n) is 12.6. The number of nitrogens with one attached hydrogen (secondary N) is 1. The Morgan fingerprint density at radius 3 is 2.45 bits per heavy atom. The van der Waals surface area contributed by atoms with Gasteiger partial charge in [-0.3, -0.25) is 9.69 Å². The molecule has 0 aliphatic carbocycles. The predicted molar refractivity (Wildman–Crippen MR) is 151 cm³/mol. The van der Waals surface area contributed by atoms with Gasteiger partial charge >= 0.3 is 0 Å². The number of fused-ring (bicyclic) bond motifs is 1. The number of halogens is 1. The summed E-state index contributed by atoms with van der Waals surface area (Å²) in [6, 6.07) is 25.4. The molecule has 0 saturated carbocycles. The first kappa shape index (κ1) is 25.8. The number of aryl methyl sites for hydroxylation is 1. The van der Waals surface area contributed by atoms with E-state index in [0.717, 1.165) is 27.6 Å². The van der Waals surface area contributed by atoms with E-state index >= 15 is 0 Å². The van der Waals surface area contributed by atoms with Crippen molar-refractivity contribution in [2.75, 3.05) is 0 Å². The number of nitrogens with zero attached hydrogens (tertiary/aromatic N) is 5. The molecule has 5 aromatic rings. The molecule has 1 atom stereocenters. The molecule has 0 fully saturated rings. The van der Waals surface area contributed by atoms with Crippen molar-refractivity contribution in [2.45, 2.75) is 52.4 Å². The van der Waals surface area contributed by atoms with Crippen LogP contribution in [-0.2, 0) is 18.6 Å². The summed E-state index contributed by atoms with van der Waals surface area (Å²) in [5.41, 5.74) is 3.96. The molecule has 8 heteroatoms. The zero-order valence-electron chi connectivity index (χ0n) is 22.0. The number of benzene rings is 3. The van der Waals surface area contributed by atoms with Crippen LogP contribution in [0, 0.1) is 6.92 Å². The van der Waals surface area contributed by atoms with Crippen molar-refractivity contribution in [1.82, 2.24) is 30.1 Å². The van der Waals surface area contributed by atoms with Crippen LogP contribution < -0.4 is 5.56 Å². The quantitative estimate of drug-likeness (QED) is 0.280. The lowest BCUT2D eigenvalue weighted by Crippen LogP contribution is -2.37. The summed E-state index contributed by atoms with van der Waals surface area (Å²) in [6.07, 6.45) is 0. The number of hydrogen-bond donors (Lipinski definition) is 1. The van der Waals surface area contributed by atoms with Gasteiger partial charge in [-0.1, -0.05) is 71.8 Å². The summed E-state index contributed by atoms with van der Waals surface area (Å²) >= 11 is 6.64. The van der Waals surface area contributed by atoms with E-state index < -0.39 is 11.6 Å². The monoisotopic (exact) mass is 526 g/mol. The highest BCUT2D eigenvalue weighted by Gasteiger charge is 2.34. The third-order valence-electron chi connectivity index (χ3n) is 6.62. The van der Waals surface area contributed by atoms with E-state index in [1.54, 1.807) is 0 Å². The zero-order chi connectivity index (χ0) is 26.9. The molecule has 1 N–H and O–H groups in total. The summed E-state index contributed by atoms with van der Waals surface area (Å²) in [4.78, 5) is 19.0. The number of hydrogen-bond acceptors (Lipinski definition) is 5. The fourth-order valence-corrected chi connectivity index (χ4v) is 4.98. The molecule has 0 aliphatic rings. The maximum atomic E-state index is 13.7. The summed E-state index contributed by atoms with van der Waals surface area (Å²) in [5, 5.41) is 14.5. The Morgan fingerprint density at radius 2 is 1.71 bits per heavy atom. The number of aromatic nitrogens is 5. The van der Waals surface area contributed by atoms with Gasteiger partial charge in [-0.15, -0.1) is 5.10 Å². The molecule has 2 heterocycles. The lowest BCUT2D eigenvalue weighted by atomic mass is 9.99. The van der Waals surface area contributed by atoms with Crippen molar-refractivity contribution in [3.05, 3.63) is 122 Å². The van der Waals surface area contributed by atoms with E-state index in [2.05, 4.69) is 43.6 Å². The van der Waals surface area contributed by atoms with Gasteiger partial charge in [0.1, 0.15) is 6.04 Å². The summed E-state index contributed by atoms with van der Waals surface area (Å²) in [6.45, 7) is 9.23. The first-order valence-corrected chi connectivity index (χ1v) is 13.0. The van der Waals surface area contributed by atoms with Crippen molar-refractivity contribution in [1.29, 1.82) is 0 Å². The smallest absolute Gasteiger partial charge is 0.253 e. The fourth-order valence-electron chi connectivity index (χ4n) is 4.79. The van der Waals surface area contributed by atoms with Crippen molar-refractivity contribution in [3.8, 4) is 0 Å². The first-order chi connectivity index (χ1) is 18.2. The van der Waals surface area contributed by atoms with Crippen LogP contribution in [0.25, 0.3) is 10.9 Å². The largest absolute Gasteiger partial charge is 0.322 e. The number of tetrazole rings is 1. The van der Waals surface area contributed by atoms with Crippen LogP contribution in [0.3, 0.4) is 0 Å².